The first-order valence-corrected chi connectivity index (χ1v) is 8.68. The van der Waals surface area contributed by atoms with E-state index in [4.69, 9.17) is 0 Å². The molecule has 1 fully saturated rings. The summed E-state index contributed by atoms with van der Waals surface area (Å²) in [6, 6.07) is 9.70. The average Bonchev–Trinajstić information content (AvgIpc) is 3.09. The highest BCUT2D eigenvalue weighted by Gasteiger charge is 2.51. The smallest absolute Gasteiger partial charge is 0.246 e. The molecule has 2 bridgehead atoms. The van der Waals surface area contributed by atoms with Crippen molar-refractivity contribution in [2.45, 2.75) is 34.7 Å². The van der Waals surface area contributed by atoms with E-state index in [1.807, 2.05) is 30.3 Å². The molecule has 1 aromatic heterocycles. The highest BCUT2D eigenvalue weighted by atomic mass is 79.9. The summed E-state index contributed by atoms with van der Waals surface area (Å²) < 4.78 is 4.60. The third kappa shape index (κ3) is 1.80. The SMILES string of the molecule is O=c1n(Cc2ccccc2)c(=O)n2n1C1CC2C(Br)C1Br. The molecule has 5 nitrogen and oxygen atoms in total. The van der Waals surface area contributed by atoms with Gasteiger partial charge in [-0.25, -0.2) is 23.5 Å². The molecule has 1 saturated carbocycles. The van der Waals surface area contributed by atoms with Crippen LogP contribution in [0.25, 0.3) is 0 Å². The number of rotatable bonds is 2. The average molecular weight is 415 g/mol. The third-order valence-corrected chi connectivity index (χ3v) is 7.49. The fourth-order valence-electron chi connectivity index (χ4n) is 3.42. The molecule has 110 valence electrons. The van der Waals surface area contributed by atoms with E-state index in [1.54, 1.807) is 9.36 Å². The fraction of sp³-hybridized carbons (Fsp3) is 0.429. The van der Waals surface area contributed by atoms with Gasteiger partial charge >= 0.3 is 11.4 Å². The Balaban J connectivity index is 1.83. The summed E-state index contributed by atoms with van der Waals surface area (Å²) in [5.74, 6) is 0. The number of halogens is 2. The van der Waals surface area contributed by atoms with Crippen molar-refractivity contribution < 1.29 is 0 Å². The Morgan fingerprint density at radius 2 is 1.48 bits per heavy atom. The molecule has 2 heterocycles. The summed E-state index contributed by atoms with van der Waals surface area (Å²) in [6.07, 6.45) is 0.836. The quantitative estimate of drug-likeness (QED) is 0.704. The lowest BCUT2D eigenvalue weighted by Gasteiger charge is -2.24. The molecule has 2 aliphatic rings. The first-order chi connectivity index (χ1) is 10.1. The van der Waals surface area contributed by atoms with Crippen LogP contribution < -0.4 is 11.4 Å². The number of benzene rings is 1. The minimum absolute atomic E-state index is 0.0524. The minimum atomic E-state index is -0.208. The van der Waals surface area contributed by atoms with Crippen LogP contribution in [0.2, 0.25) is 0 Å². The van der Waals surface area contributed by atoms with E-state index < -0.39 is 0 Å². The van der Waals surface area contributed by atoms with Gasteiger partial charge in [0, 0.05) is 0 Å². The van der Waals surface area contributed by atoms with Crippen molar-refractivity contribution >= 4 is 31.9 Å². The van der Waals surface area contributed by atoms with Crippen LogP contribution in [0.4, 0.5) is 0 Å². The van der Waals surface area contributed by atoms with E-state index in [9.17, 15) is 9.59 Å². The maximum Gasteiger partial charge on any atom is 0.347 e. The lowest BCUT2D eigenvalue weighted by Crippen LogP contribution is -2.38. The van der Waals surface area contributed by atoms with Gasteiger partial charge in [0.2, 0.25) is 0 Å². The Morgan fingerprint density at radius 1 is 0.952 bits per heavy atom. The second kappa shape index (κ2) is 4.71. The molecule has 0 saturated heterocycles. The van der Waals surface area contributed by atoms with Crippen LogP contribution in [-0.2, 0) is 6.54 Å². The van der Waals surface area contributed by atoms with Crippen LogP contribution in [0.3, 0.4) is 0 Å². The van der Waals surface area contributed by atoms with Gasteiger partial charge < -0.3 is 0 Å². The number of hydrogen-bond acceptors (Lipinski definition) is 2. The predicted molar refractivity (Wildman–Crippen MR) is 86.6 cm³/mol. The summed E-state index contributed by atoms with van der Waals surface area (Å²) in [5, 5.41) is 0. The molecule has 4 rings (SSSR count). The van der Waals surface area contributed by atoms with Gasteiger partial charge in [0.05, 0.1) is 28.3 Å². The summed E-state index contributed by atoms with van der Waals surface area (Å²) in [6.45, 7) is 0.324. The molecule has 1 aromatic carbocycles. The van der Waals surface area contributed by atoms with Gasteiger partial charge in [0.25, 0.3) is 0 Å². The van der Waals surface area contributed by atoms with Crippen molar-refractivity contribution in [3.05, 3.63) is 56.9 Å². The summed E-state index contributed by atoms with van der Waals surface area (Å²) in [7, 11) is 0. The second-order valence-electron chi connectivity index (χ2n) is 5.59. The van der Waals surface area contributed by atoms with Crippen LogP contribution in [0.15, 0.2) is 39.9 Å². The lowest BCUT2D eigenvalue weighted by molar-refractivity contribution is 0.395. The van der Waals surface area contributed by atoms with E-state index in [-0.39, 0.29) is 33.1 Å². The van der Waals surface area contributed by atoms with E-state index in [1.165, 1.54) is 4.57 Å². The van der Waals surface area contributed by atoms with E-state index in [2.05, 4.69) is 31.9 Å². The van der Waals surface area contributed by atoms with Crippen LogP contribution >= 0.6 is 31.9 Å². The predicted octanol–water partition coefficient (Wildman–Crippen LogP) is 1.89. The van der Waals surface area contributed by atoms with Gasteiger partial charge in [0.15, 0.2) is 0 Å². The Hall–Kier alpha value is -1.08. The zero-order valence-corrected chi connectivity index (χ0v) is 14.2. The van der Waals surface area contributed by atoms with Crippen molar-refractivity contribution in [2.75, 3.05) is 0 Å². The maximum absolute atomic E-state index is 12.6. The summed E-state index contributed by atoms with van der Waals surface area (Å²) >= 11 is 7.27. The van der Waals surface area contributed by atoms with Crippen LogP contribution in [0.1, 0.15) is 24.1 Å². The van der Waals surface area contributed by atoms with Crippen molar-refractivity contribution in [2.24, 2.45) is 0 Å². The molecule has 2 aromatic rings. The van der Waals surface area contributed by atoms with Crippen LogP contribution in [0, 0.1) is 0 Å². The molecule has 0 spiro atoms. The van der Waals surface area contributed by atoms with Gasteiger partial charge in [-0.3, -0.25) is 0 Å². The van der Waals surface area contributed by atoms with Crippen molar-refractivity contribution in [1.82, 2.24) is 13.9 Å². The third-order valence-electron chi connectivity index (χ3n) is 4.42. The topological polar surface area (TPSA) is 48.9 Å². The molecule has 4 atom stereocenters. The van der Waals surface area contributed by atoms with E-state index >= 15 is 0 Å². The summed E-state index contributed by atoms with van der Waals surface area (Å²) in [4.78, 5) is 25.6. The monoisotopic (exact) mass is 413 g/mol. The molecule has 7 heteroatoms. The Morgan fingerprint density at radius 3 is 2.00 bits per heavy atom. The van der Waals surface area contributed by atoms with Gasteiger partial charge in [-0.15, -0.1) is 0 Å². The highest BCUT2D eigenvalue weighted by Crippen LogP contribution is 2.49. The first kappa shape index (κ1) is 13.6. The summed E-state index contributed by atoms with van der Waals surface area (Å²) in [5.41, 5.74) is 0.542. The molecule has 0 amide bonds. The van der Waals surface area contributed by atoms with Gasteiger partial charge in [-0.2, -0.15) is 0 Å². The molecule has 1 aliphatic heterocycles. The molecular formula is C14H13Br2N3O2. The van der Waals surface area contributed by atoms with Crippen molar-refractivity contribution in [3.8, 4) is 0 Å². The van der Waals surface area contributed by atoms with Gasteiger partial charge in [-0.05, 0) is 12.0 Å². The number of nitrogens with zero attached hydrogens (tertiary/aromatic N) is 3. The van der Waals surface area contributed by atoms with Crippen LogP contribution in [-0.4, -0.2) is 23.6 Å². The van der Waals surface area contributed by atoms with E-state index in [0.717, 1.165) is 12.0 Å². The number of alkyl halides is 2. The van der Waals surface area contributed by atoms with Crippen molar-refractivity contribution in [3.63, 3.8) is 0 Å². The minimum Gasteiger partial charge on any atom is -0.246 e. The largest absolute Gasteiger partial charge is 0.347 e. The second-order valence-corrected chi connectivity index (χ2v) is 7.70. The molecule has 21 heavy (non-hydrogen) atoms. The number of fused-ring (bicyclic) bond motifs is 5. The zero-order valence-electron chi connectivity index (χ0n) is 11.0. The van der Waals surface area contributed by atoms with Crippen LogP contribution in [0.5, 0.6) is 0 Å². The molecular weight excluding hydrogens is 402 g/mol. The lowest BCUT2D eigenvalue weighted by atomic mass is 10.2. The molecule has 0 N–H and O–H groups in total. The maximum atomic E-state index is 12.6. The normalized spacial score (nSPS) is 29.8. The first-order valence-electron chi connectivity index (χ1n) is 6.85. The Kier molecular flexibility index (Phi) is 3.04. The number of aromatic nitrogens is 3. The van der Waals surface area contributed by atoms with Crippen molar-refractivity contribution in [1.29, 1.82) is 0 Å². The number of hydrogen-bond donors (Lipinski definition) is 0. The van der Waals surface area contributed by atoms with E-state index in [0.29, 0.717) is 6.54 Å². The standard InChI is InChI=1S/C14H13Br2N3O2/c15-11-9-6-10(12(11)16)19-14(21)17(13(20)18(9)19)7-8-4-2-1-3-5-8/h1-5,9-12H,6-7H2. The van der Waals surface area contributed by atoms with Gasteiger partial charge in [-0.1, -0.05) is 62.2 Å². The fourth-order valence-corrected chi connectivity index (χ4v) is 5.00. The Labute approximate surface area is 137 Å². The van der Waals surface area contributed by atoms with Gasteiger partial charge in [0.1, 0.15) is 0 Å². The Bertz CT molecular complexity index is 762. The molecule has 4 unspecified atom stereocenters. The molecule has 0 radical (unpaired) electrons. The zero-order chi connectivity index (χ0) is 14.7. The highest BCUT2D eigenvalue weighted by molar-refractivity contribution is 9.12. The molecule has 1 aliphatic carbocycles.